The first-order chi connectivity index (χ1) is 7.16. The van der Waals surface area contributed by atoms with Crippen LogP contribution in [0.5, 0.6) is 5.75 Å². The van der Waals surface area contributed by atoms with E-state index in [-0.39, 0.29) is 11.8 Å². The van der Waals surface area contributed by atoms with E-state index in [9.17, 15) is 10.2 Å². The van der Waals surface area contributed by atoms with Gasteiger partial charge in [0.2, 0.25) is 0 Å². The van der Waals surface area contributed by atoms with Gasteiger partial charge in [0.25, 0.3) is 0 Å². The van der Waals surface area contributed by atoms with Crippen LogP contribution < -0.4 is 5.32 Å². The molecular formula is C12H17NO2. The predicted octanol–water partition coefficient (Wildman–Crippen LogP) is 1.57. The highest BCUT2D eigenvalue weighted by Crippen LogP contribution is 2.26. The fourth-order valence-electron chi connectivity index (χ4n) is 2.15. The van der Waals surface area contributed by atoms with Crippen molar-refractivity contribution < 1.29 is 10.2 Å². The van der Waals surface area contributed by atoms with Crippen LogP contribution in [0, 0.1) is 0 Å². The maximum absolute atomic E-state index is 10.1. The standard InChI is InChI=1S/C12H17NO2/c1-8-5-6-11(13-8)12(15)9-3-2-4-10(14)7-9/h2-4,7-8,11-15H,5-6H2,1H3/t8-,11?,12?/m1/s1. The smallest absolute Gasteiger partial charge is 0.115 e. The number of aromatic hydroxyl groups is 1. The van der Waals surface area contributed by atoms with Gasteiger partial charge in [-0.1, -0.05) is 12.1 Å². The van der Waals surface area contributed by atoms with Gasteiger partial charge < -0.3 is 15.5 Å². The van der Waals surface area contributed by atoms with Crippen LogP contribution in [0.1, 0.15) is 31.4 Å². The molecule has 2 rings (SSSR count). The maximum Gasteiger partial charge on any atom is 0.115 e. The van der Waals surface area contributed by atoms with Gasteiger partial charge in [0.15, 0.2) is 0 Å². The van der Waals surface area contributed by atoms with Gasteiger partial charge in [-0.3, -0.25) is 0 Å². The first kappa shape index (κ1) is 10.5. The number of rotatable bonds is 2. The van der Waals surface area contributed by atoms with Gasteiger partial charge in [-0.2, -0.15) is 0 Å². The SMILES string of the molecule is C[C@@H]1CCC(C(O)c2cccc(O)c2)N1. The largest absolute Gasteiger partial charge is 0.508 e. The molecule has 3 atom stereocenters. The minimum Gasteiger partial charge on any atom is -0.508 e. The van der Waals surface area contributed by atoms with Crippen molar-refractivity contribution in [3.05, 3.63) is 29.8 Å². The summed E-state index contributed by atoms with van der Waals surface area (Å²) in [4.78, 5) is 0. The minimum atomic E-state index is -0.526. The predicted molar refractivity (Wildman–Crippen MR) is 58.7 cm³/mol. The Kier molecular flexibility index (Phi) is 2.93. The van der Waals surface area contributed by atoms with Crippen LogP contribution >= 0.6 is 0 Å². The quantitative estimate of drug-likeness (QED) is 0.690. The van der Waals surface area contributed by atoms with Crippen molar-refractivity contribution in [2.45, 2.75) is 38.0 Å². The van der Waals surface area contributed by atoms with Gasteiger partial charge in [0.1, 0.15) is 5.75 Å². The Labute approximate surface area is 89.8 Å². The van der Waals surface area contributed by atoms with Crippen LogP contribution in [0.2, 0.25) is 0 Å². The van der Waals surface area contributed by atoms with Gasteiger partial charge >= 0.3 is 0 Å². The maximum atomic E-state index is 10.1. The summed E-state index contributed by atoms with van der Waals surface area (Å²) in [6.07, 6.45) is 1.56. The Morgan fingerprint density at radius 2 is 2.20 bits per heavy atom. The van der Waals surface area contributed by atoms with Gasteiger partial charge in [-0.05, 0) is 37.5 Å². The number of hydrogen-bond donors (Lipinski definition) is 3. The summed E-state index contributed by atoms with van der Waals surface area (Å²) in [5.74, 6) is 0.206. The van der Waals surface area contributed by atoms with Crippen LogP contribution in [-0.4, -0.2) is 22.3 Å². The van der Waals surface area contributed by atoms with Crippen molar-refractivity contribution in [2.75, 3.05) is 0 Å². The summed E-state index contributed by atoms with van der Waals surface area (Å²) < 4.78 is 0. The van der Waals surface area contributed by atoms with Crippen molar-refractivity contribution in [3.8, 4) is 5.75 Å². The van der Waals surface area contributed by atoms with Crippen LogP contribution in [0.4, 0.5) is 0 Å². The van der Waals surface area contributed by atoms with Crippen molar-refractivity contribution >= 4 is 0 Å². The van der Waals surface area contributed by atoms with E-state index in [1.165, 1.54) is 0 Å². The molecular weight excluding hydrogens is 190 g/mol. The lowest BCUT2D eigenvalue weighted by atomic mass is 10.0. The Morgan fingerprint density at radius 1 is 1.40 bits per heavy atom. The van der Waals surface area contributed by atoms with Crippen molar-refractivity contribution in [3.63, 3.8) is 0 Å². The van der Waals surface area contributed by atoms with Crippen molar-refractivity contribution in [1.29, 1.82) is 0 Å². The number of nitrogens with one attached hydrogen (secondary N) is 1. The molecule has 1 fully saturated rings. The van der Waals surface area contributed by atoms with E-state index in [1.54, 1.807) is 18.2 Å². The zero-order valence-corrected chi connectivity index (χ0v) is 8.85. The molecule has 0 radical (unpaired) electrons. The topological polar surface area (TPSA) is 52.5 Å². The average Bonchev–Trinajstić information content (AvgIpc) is 2.64. The van der Waals surface area contributed by atoms with Gasteiger partial charge in [-0.15, -0.1) is 0 Å². The van der Waals surface area contributed by atoms with E-state index < -0.39 is 6.10 Å². The number of phenols is 1. The van der Waals surface area contributed by atoms with Crippen LogP contribution in [0.3, 0.4) is 0 Å². The second-order valence-electron chi connectivity index (χ2n) is 4.29. The van der Waals surface area contributed by atoms with Gasteiger partial charge in [0, 0.05) is 12.1 Å². The van der Waals surface area contributed by atoms with E-state index >= 15 is 0 Å². The fourth-order valence-corrected chi connectivity index (χ4v) is 2.15. The number of benzene rings is 1. The molecule has 1 saturated heterocycles. The zero-order chi connectivity index (χ0) is 10.8. The summed E-state index contributed by atoms with van der Waals surface area (Å²) in [6, 6.07) is 7.42. The molecule has 3 N–H and O–H groups in total. The third-order valence-corrected chi connectivity index (χ3v) is 3.00. The Hall–Kier alpha value is -1.06. The summed E-state index contributed by atoms with van der Waals surface area (Å²) in [5.41, 5.74) is 0.779. The van der Waals surface area contributed by atoms with Gasteiger partial charge in [0.05, 0.1) is 6.10 Å². The molecule has 3 heteroatoms. The highest BCUT2D eigenvalue weighted by atomic mass is 16.3. The molecule has 1 aromatic carbocycles. The van der Waals surface area contributed by atoms with E-state index in [0.29, 0.717) is 6.04 Å². The molecule has 0 bridgehead atoms. The van der Waals surface area contributed by atoms with Crippen molar-refractivity contribution in [2.24, 2.45) is 0 Å². The lowest BCUT2D eigenvalue weighted by Crippen LogP contribution is -2.32. The molecule has 0 amide bonds. The number of hydrogen-bond acceptors (Lipinski definition) is 3. The monoisotopic (exact) mass is 207 g/mol. The molecule has 2 unspecified atom stereocenters. The summed E-state index contributed by atoms with van der Waals surface area (Å²) >= 11 is 0. The van der Waals surface area contributed by atoms with E-state index in [2.05, 4.69) is 12.2 Å². The second-order valence-corrected chi connectivity index (χ2v) is 4.29. The second kappa shape index (κ2) is 4.21. The highest BCUT2D eigenvalue weighted by molar-refractivity contribution is 5.29. The molecule has 3 nitrogen and oxygen atoms in total. The van der Waals surface area contributed by atoms with E-state index in [1.807, 2.05) is 6.07 Å². The van der Waals surface area contributed by atoms with Crippen LogP contribution in [0.15, 0.2) is 24.3 Å². The lowest BCUT2D eigenvalue weighted by Gasteiger charge is -2.19. The molecule has 0 saturated carbocycles. The normalized spacial score (nSPS) is 27.9. The average molecular weight is 207 g/mol. The summed E-state index contributed by atoms with van der Waals surface area (Å²) in [6.45, 7) is 2.12. The zero-order valence-electron chi connectivity index (χ0n) is 8.85. The highest BCUT2D eigenvalue weighted by Gasteiger charge is 2.27. The molecule has 1 aromatic rings. The fraction of sp³-hybridized carbons (Fsp3) is 0.500. The molecule has 0 spiro atoms. The number of phenolic OH excluding ortho intramolecular Hbond substituents is 1. The molecule has 1 heterocycles. The Morgan fingerprint density at radius 3 is 2.80 bits per heavy atom. The molecule has 1 aliphatic rings. The van der Waals surface area contributed by atoms with E-state index in [4.69, 9.17) is 0 Å². The first-order valence-corrected chi connectivity index (χ1v) is 5.40. The molecule has 0 aromatic heterocycles. The Bertz CT molecular complexity index is 340. The van der Waals surface area contributed by atoms with Crippen molar-refractivity contribution in [1.82, 2.24) is 5.32 Å². The molecule has 82 valence electrons. The number of aliphatic hydroxyl groups excluding tert-OH is 1. The van der Waals surface area contributed by atoms with Gasteiger partial charge in [-0.25, -0.2) is 0 Å². The molecule has 0 aliphatic carbocycles. The third-order valence-electron chi connectivity index (χ3n) is 3.00. The molecule has 1 aliphatic heterocycles. The Balaban J connectivity index is 2.10. The summed E-state index contributed by atoms with van der Waals surface area (Å²) in [5, 5.41) is 22.8. The summed E-state index contributed by atoms with van der Waals surface area (Å²) in [7, 11) is 0. The van der Waals surface area contributed by atoms with Crippen LogP contribution in [-0.2, 0) is 0 Å². The minimum absolute atomic E-state index is 0.113. The lowest BCUT2D eigenvalue weighted by molar-refractivity contribution is 0.135. The van der Waals surface area contributed by atoms with Crippen LogP contribution in [0.25, 0.3) is 0 Å². The molecule has 15 heavy (non-hydrogen) atoms. The first-order valence-electron chi connectivity index (χ1n) is 5.40. The third kappa shape index (κ3) is 2.30. The van der Waals surface area contributed by atoms with E-state index in [0.717, 1.165) is 18.4 Å². The number of aliphatic hydroxyl groups is 1.